The first-order chi connectivity index (χ1) is 22.2. The quantitative estimate of drug-likeness (QED) is 0.101. The lowest BCUT2D eigenvalue weighted by Crippen LogP contribution is -2.30. The van der Waals surface area contributed by atoms with Crippen LogP contribution in [0.15, 0.2) is 108 Å². The van der Waals surface area contributed by atoms with Crippen molar-refractivity contribution in [2.45, 2.75) is 18.7 Å². The largest absolute Gasteiger partial charge is 0.321 e. The summed E-state index contributed by atoms with van der Waals surface area (Å²) in [7, 11) is 0. The van der Waals surface area contributed by atoms with Gasteiger partial charge < -0.3 is 16.0 Å². The lowest BCUT2D eigenvalue weighted by atomic mass is 10.1. The van der Waals surface area contributed by atoms with Crippen molar-refractivity contribution in [1.82, 2.24) is 10.3 Å². The highest BCUT2D eigenvalue weighted by Gasteiger charge is 2.17. The van der Waals surface area contributed by atoms with E-state index in [0.717, 1.165) is 21.0 Å². The summed E-state index contributed by atoms with van der Waals surface area (Å²) in [5.41, 5.74) is 4.27. The van der Waals surface area contributed by atoms with E-state index in [4.69, 9.17) is 23.2 Å². The number of hydrogen-bond acceptors (Lipinski definition) is 6. The van der Waals surface area contributed by atoms with Crippen LogP contribution in [-0.4, -0.2) is 28.5 Å². The molecule has 1 heterocycles. The average Bonchev–Trinajstić information content (AvgIpc) is 3.41. The number of carbonyl (C=O) groups excluding carboxylic acids is 3. The molecule has 0 aliphatic rings. The highest BCUT2D eigenvalue weighted by Crippen LogP contribution is 2.31. The van der Waals surface area contributed by atoms with Gasteiger partial charge in [0.05, 0.1) is 11.4 Å². The van der Waals surface area contributed by atoms with Gasteiger partial charge in [-0.3, -0.25) is 14.4 Å². The molecule has 1 aromatic heterocycles. The van der Waals surface area contributed by atoms with Gasteiger partial charge in [-0.05, 0) is 68.5 Å². The van der Waals surface area contributed by atoms with Crippen LogP contribution in [0, 0.1) is 13.8 Å². The summed E-state index contributed by atoms with van der Waals surface area (Å²) in [5, 5.41) is 9.58. The molecule has 7 nitrogen and oxygen atoms in total. The molecule has 46 heavy (non-hydrogen) atoms. The van der Waals surface area contributed by atoms with Crippen LogP contribution in [0.5, 0.6) is 0 Å². The Morgan fingerprint density at radius 2 is 1.50 bits per heavy atom. The molecule has 0 saturated heterocycles. The molecule has 0 radical (unpaired) electrons. The van der Waals surface area contributed by atoms with Crippen molar-refractivity contribution < 1.29 is 14.4 Å². The van der Waals surface area contributed by atoms with Crippen molar-refractivity contribution in [3.63, 3.8) is 0 Å². The maximum atomic E-state index is 13.4. The Hall–Kier alpha value is -4.41. The number of rotatable bonds is 10. The van der Waals surface area contributed by atoms with Gasteiger partial charge in [-0.2, -0.15) is 0 Å². The molecule has 0 bridgehead atoms. The second kappa shape index (κ2) is 15.2. The van der Waals surface area contributed by atoms with Gasteiger partial charge in [0, 0.05) is 42.2 Å². The van der Waals surface area contributed by atoms with Gasteiger partial charge in [-0.25, -0.2) is 4.98 Å². The molecule has 0 atom stereocenters. The second-order valence-electron chi connectivity index (χ2n) is 10.1. The SMILES string of the molecule is Cc1ccc(-c2nc(NC(=O)CSc3ccc(NC(=O)/C(=C/c4c(Cl)cccc4Cl)NC(=O)c4ccccc4)cc3)sc2C)cc1. The van der Waals surface area contributed by atoms with Crippen LogP contribution in [-0.2, 0) is 9.59 Å². The summed E-state index contributed by atoms with van der Waals surface area (Å²) in [6.07, 6.45) is 1.44. The molecule has 0 aliphatic carbocycles. The van der Waals surface area contributed by atoms with Crippen molar-refractivity contribution in [1.29, 1.82) is 0 Å². The van der Waals surface area contributed by atoms with Gasteiger partial charge in [0.15, 0.2) is 5.13 Å². The molecule has 3 N–H and O–H groups in total. The van der Waals surface area contributed by atoms with E-state index in [2.05, 4.69) is 20.9 Å². The van der Waals surface area contributed by atoms with Crippen LogP contribution in [0.3, 0.4) is 0 Å². The average molecular weight is 688 g/mol. The van der Waals surface area contributed by atoms with E-state index < -0.39 is 11.8 Å². The Morgan fingerprint density at radius 3 is 2.17 bits per heavy atom. The number of hydrogen-bond donors (Lipinski definition) is 3. The number of carbonyl (C=O) groups is 3. The summed E-state index contributed by atoms with van der Waals surface area (Å²) in [4.78, 5) is 45.4. The van der Waals surface area contributed by atoms with Gasteiger partial charge in [0.1, 0.15) is 5.70 Å². The third-order valence-electron chi connectivity index (χ3n) is 6.67. The van der Waals surface area contributed by atoms with Crippen LogP contribution >= 0.6 is 46.3 Å². The first kappa shape index (κ1) is 33.0. The molecule has 0 spiro atoms. The van der Waals surface area contributed by atoms with E-state index >= 15 is 0 Å². The Morgan fingerprint density at radius 1 is 0.826 bits per heavy atom. The highest BCUT2D eigenvalue weighted by molar-refractivity contribution is 8.00. The molecule has 232 valence electrons. The highest BCUT2D eigenvalue weighted by atomic mass is 35.5. The zero-order chi connectivity index (χ0) is 32.6. The van der Waals surface area contributed by atoms with Crippen LogP contribution < -0.4 is 16.0 Å². The Labute approximate surface area is 285 Å². The normalized spacial score (nSPS) is 11.2. The number of anilines is 2. The predicted molar refractivity (Wildman–Crippen MR) is 190 cm³/mol. The summed E-state index contributed by atoms with van der Waals surface area (Å²) in [6.45, 7) is 4.02. The fourth-order valence-electron chi connectivity index (χ4n) is 4.30. The van der Waals surface area contributed by atoms with E-state index in [9.17, 15) is 14.4 Å². The van der Waals surface area contributed by atoms with Crippen LogP contribution in [0.2, 0.25) is 10.0 Å². The van der Waals surface area contributed by atoms with Crippen molar-refractivity contribution >= 4 is 80.9 Å². The molecule has 0 unspecified atom stereocenters. The predicted octanol–water partition coefficient (Wildman–Crippen LogP) is 8.87. The number of aromatic nitrogens is 1. The van der Waals surface area contributed by atoms with Crippen LogP contribution in [0.25, 0.3) is 17.3 Å². The molecule has 4 aromatic carbocycles. The first-order valence-electron chi connectivity index (χ1n) is 14.1. The van der Waals surface area contributed by atoms with E-state index in [1.807, 2.05) is 38.1 Å². The Bertz CT molecular complexity index is 1890. The van der Waals surface area contributed by atoms with Crippen LogP contribution in [0.1, 0.15) is 26.4 Å². The summed E-state index contributed by atoms with van der Waals surface area (Å²) in [5.74, 6) is -1.02. The fraction of sp³-hybridized carbons (Fsp3) is 0.0857. The maximum absolute atomic E-state index is 13.4. The summed E-state index contributed by atoms with van der Waals surface area (Å²) < 4.78 is 0. The van der Waals surface area contributed by atoms with E-state index in [0.29, 0.717) is 32.0 Å². The molecule has 5 rings (SSSR count). The number of thioether (sulfide) groups is 1. The summed E-state index contributed by atoms with van der Waals surface area (Å²) in [6, 6.07) is 28.7. The maximum Gasteiger partial charge on any atom is 0.272 e. The third-order valence-corrected chi connectivity index (χ3v) is 9.22. The molecule has 11 heteroatoms. The lowest BCUT2D eigenvalue weighted by Gasteiger charge is -2.13. The van der Waals surface area contributed by atoms with Crippen molar-refractivity contribution in [2.75, 3.05) is 16.4 Å². The van der Waals surface area contributed by atoms with Gasteiger partial charge in [-0.15, -0.1) is 23.1 Å². The zero-order valence-electron chi connectivity index (χ0n) is 24.8. The first-order valence-corrected chi connectivity index (χ1v) is 16.6. The van der Waals surface area contributed by atoms with Crippen LogP contribution in [0.4, 0.5) is 10.8 Å². The fourth-order valence-corrected chi connectivity index (χ4v) is 6.36. The van der Waals surface area contributed by atoms with Gasteiger partial charge in [0.25, 0.3) is 11.8 Å². The molecule has 5 aromatic rings. The smallest absolute Gasteiger partial charge is 0.272 e. The van der Waals surface area contributed by atoms with E-state index in [1.54, 1.807) is 72.8 Å². The standard InChI is InChI=1S/C35H28Cl2N4O3S2/c1-21-11-13-23(14-12-21)32-22(2)46-35(41-32)40-31(42)20-45-26-17-15-25(16-18-26)38-34(44)30(19-27-28(36)9-6-10-29(27)37)39-33(43)24-7-4-3-5-8-24/h3-19H,20H2,1-2H3,(H,38,44)(H,39,43)(H,40,41,42)/b30-19-. The molecule has 0 fully saturated rings. The number of benzene rings is 4. The lowest BCUT2D eigenvalue weighted by molar-refractivity contribution is -0.114. The third kappa shape index (κ3) is 8.64. The number of amides is 3. The Balaban J connectivity index is 1.21. The minimum absolute atomic E-state index is 0.0399. The molecule has 3 amide bonds. The molecular weight excluding hydrogens is 659 g/mol. The number of halogens is 2. The monoisotopic (exact) mass is 686 g/mol. The Kier molecular flexibility index (Phi) is 10.9. The summed E-state index contributed by atoms with van der Waals surface area (Å²) >= 11 is 15.5. The molecular formula is C35H28Cl2N4O3S2. The number of thiazole rings is 1. The van der Waals surface area contributed by atoms with Crippen molar-refractivity contribution in [3.05, 3.63) is 134 Å². The molecule has 0 saturated carbocycles. The number of nitrogens with zero attached hydrogens (tertiary/aromatic N) is 1. The second-order valence-corrected chi connectivity index (χ2v) is 13.2. The topological polar surface area (TPSA) is 100 Å². The van der Waals surface area contributed by atoms with Gasteiger partial charge in [-0.1, -0.05) is 77.3 Å². The number of aryl methyl sites for hydroxylation is 2. The minimum Gasteiger partial charge on any atom is -0.321 e. The molecule has 0 aliphatic heterocycles. The number of nitrogens with one attached hydrogen (secondary N) is 3. The van der Waals surface area contributed by atoms with Crippen molar-refractivity contribution in [3.8, 4) is 11.3 Å². The van der Waals surface area contributed by atoms with Gasteiger partial charge in [0.2, 0.25) is 5.91 Å². The minimum atomic E-state index is -0.566. The zero-order valence-corrected chi connectivity index (χ0v) is 27.9. The van der Waals surface area contributed by atoms with E-state index in [-0.39, 0.29) is 17.4 Å². The van der Waals surface area contributed by atoms with E-state index in [1.165, 1.54) is 34.7 Å². The van der Waals surface area contributed by atoms with Gasteiger partial charge >= 0.3 is 0 Å². The van der Waals surface area contributed by atoms with Crippen molar-refractivity contribution in [2.24, 2.45) is 0 Å².